The maximum Gasteiger partial charge on any atom is 0.471 e. The van der Waals surface area contributed by atoms with E-state index in [1.165, 1.54) is 0 Å². The maximum absolute atomic E-state index is 12.6. The van der Waals surface area contributed by atoms with Crippen molar-refractivity contribution in [3.63, 3.8) is 0 Å². The van der Waals surface area contributed by atoms with Crippen molar-refractivity contribution in [1.82, 2.24) is 15.0 Å². The topological polar surface area (TPSA) is 59.2 Å². The van der Waals surface area contributed by atoms with E-state index in [2.05, 4.69) is 21.6 Å². The van der Waals surface area contributed by atoms with Gasteiger partial charge in [0.1, 0.15) is 0 Å². The van der Waals surface area contributed by atoms with Crippen LogP contribution in [0.1, 0.15) is 56.9 Å². The minimum absolute atomic E-state index is 0.107. The predicted octanol–water partition coefficient (Wildman–Crippen LogP) is 5.07. The fourth-order valence-electron chi connectivity index (χ4n) is 2.99. The molecule has 1 aliphatic carbocycles. The van der Waals surface area contributed by atoms with Crippen molar-refractivity contribution in [3.05, 3.63) is 35.7 Å². The molecule has 1 aliphatic rings. The molecule has 0 bridgehead atoms. The summed E-state index contributed by atoms with van der Waals surface area (Å²) in [5, 5.41) is 3.39. The van der Waals surface area contributed by atoms with Gasteiger partial charge in [-0.1, -0.05) is 49.2 Å². The fraction of sp³-hybridized carbons (Fsp3) is 0.550. The van der Waals surface area contributed by atoms with Crippen LogP contribution < -0.4 is 0 Å². The van der Waals surface area contributed by atoms with E-state index in [1.54, 1.807) is 24.3 Å². The molecule has 152 valence electrons. The molecule has 1 aromatic heterocycles. The van der Waals surface area contributed by atoms with Gasteiger partial charge in [0, 0.05) is 25.1 Å². The zero-order valence-corrected chi connectivity index (χ0v) is 15.8. The van der Waals surface area contributed by atoms with Crippen LogP contribution >= 0.6 is 0 Å². The van der Waals surface area contributed by atoms with Gasteiger partial charge < -0.3 is 9.42 Å². The number of hydrogen-bond acceptors (Lipinski definition) is 4. The van der Waals surface area contributed by atoms with Crippen molar-refractivity contribution in [2.24, 2.45) is 5.92 Å². The molecule has 0 saturated heterocycles. The van der Waals surface area contributed by atoms with E-state index in [4.69, 9.17) is 0 Å². The molecule has 2 aromatic rings. The number of rotatable bonds is 9. The Hall–Kier alpha value is -2.38. The van der Waals surface area contributed by atoms with Crippen LogP contribution in [0, 0.1) is 5.92 Å². The smallest absolute Gasteiger partial charge is 0.338 e. The Morgan fingerprint density at radius 2 is 1.93 bits per heavy atom. The van der Waals surface area contributed by atoms with Gasteiger partial charge in [-0.3, -0.25) is 4.79 Å². The quantitative estimate of drug-likeness (QED) is 0.556. The first-order chi connectivity index (χ1) is 13.4. The number of unbranched alkanes of at least 4 members (excludes halogenated alkanes) is 2. The highest BCUT2D eigenvalue weighted by molar-refractivity contribution is 5.76. The second-order valence-electron chi connectivity index (χ2n) is 7.29. The summed E-state index contributed by atoms with van der Waals surface area (Å²) in [6.45, 7) is 3.38. The minimum atomic E-state index is -4.66. The highest BCUT2D eigenvalue weighted by atomic mass is 19.4. The molecule has 0 N–H and O–H groups in total. The van der Waals surface area contributed by atoms with Gasteiger partial charge in [-0.15, -0.1) is 0 Å². The molecule has 28 heavy (non-hydrogen) atoms. The maximum atomic E-state index is 12.6. The summed E-state index contributed by atoms with van der Waals surface area (Å²) >= 11 is 0. The lowest BCUT2D eigenvalue weighted by Crippen LogP contribution is -2.32. The van der Waals surface area contributed by atoms with Crippen molar-refractivity contribution in [1.29, 1.82) is 0 Å². The molecule has 5 nitrogen and oxygen atoms in total. The van der Waals surface area contributed by atoms with Gasteiger partial charge in [0.2, 0.25) is 11.7 Å². The van der Waals surface area contributed by atoms with Crippen LogP contribution in [0.25, 0.3) is 11.4 Å². The van der Waals surface area contributed by atoms with Crippen molar-refractivity contribution < 1.29 is 22.5 Å². The third kappa shape index (κ3) is 5.56. The standard InChI is InChI=1S/C20H24F3N3O2/c1-2-3-4-5-17(27)26(12-14-6-7-14)13-15-8-10-16(11-9-15)18-24-19(28-25-18)20(21,22)23/h8-11,14H,2-7,12-13H2,1H3. The molecule has 1 aromatic carbocycles. The van der Waals surface area contributed by atoms with Gasteiger partial charge in [-0.05, 0) is 30.7 Å². The van der Waals surface area contributed by atoms with E-state index in [9.17, 15) is 18.0 Å². The third-order valence-electron chi connectivity index (χ3n) is 4.78. The third-order valence-corrected chi connectivity index (χ3v) is 4.78. The van der Waals surface area contributed by atoms with Crippen molar-refractivity contribution in [3.8, 4) is 11.4 Å². The molecule has 3 rings (SSSR count). The second kappa shape index (κ2) is 8.75. The lowest BCUT2D eigenvalue weighted by atomic mass is 10.1. The summed E-state index contributed by atoms with van der Waals surface area (Å²) in [5.74, 6) is -0.712. The van der Waals surface area contributed by atoms with Crippen LogP contribution in [0.3, 0.4) is 0 Å². The van der Waals surface area contributed by atoms with E-state index in [1.807, 2.05) is 4.90 Å². The molecule has 1 saturated carbocycles. The Morgan fingerprint density at radius 3 is 2.50 bits per heavy atom. The van der Waals surface area contributed by atoms with E-state index in [-0.39, 0.29) is 11.7 Å². The molecule has 1 heterocycles. The van der Waals surface area contributed by atoms with E-state index < -0.39 is 12.1 Å². The Balaban J connectivity index is 1.65. The van der Waals surface area contributed by atoms with Crippen molar-refractivity contribution in [2.75, 3.05) is 6.54 Å². The largest absolute Gasteiger partial charge is 0.471 e. The first-order valence-electron chi connectivity index (χ1n) is 9.64. The summed E-state index contributed by atoms with van der Waals surface area (Å²) in [7, 11) is 0. The van der Waals surface area contributed by atoms with Crippen LogP contribution in [0.4, 0.5) is 13.2 Å². The van der Waals surface area contributed by atoms with Gasteiger partial charge in [-0.25, -0.2) is 0 Å². The fourth-order valence-corrected chi connectivity index (χ4v) is 2.99. The van der Waals surface area contributed by atoms with Gasteiger partial charge >= 0.3 is 12.1 Å². The number of amides is 1. The second-order valence-corrected chi connectivity index (χ2v) is 7.29. The van der Waals surface area contributed by atoms with Crippen molar-refractivity contribution in [2.45, 2.75) is 58.2 Å². The number of carbonyl (C=O) groups is 1. The molecule has 0 radical (unpaired) electrons. The highest BCUT2D eigenvalue weighted by Crippen LogP contribution is 2.31. The molecule has 1 amide bonds. The van der Waals surface area contributed by atoms with Gasteiger partial charge in [0.25, 0.3) is 0 Å². The lowest BCUT2D eigenvalue weighted by Gasteiger charge is -2.23. The molecule has 1 fully saturated rings. The summed E-state index contributed by atoms with van der Waals surface area (Å²) in [6.07, 6.45) is 1.24. The van der Waals surface area contributed by atoms with Crippen LogP contribution in [-0.2, 0) is 17.5 Å². The van der Waals surface area contributed by atoms with Gasteiger partial charge in [0.15, 0.2) is 0 Å². The number of halogens is 3. The minimum Gasteiger partial charge on any atom is -0.338 e. The number of alkyl halides is 3. The Bertz CT molecular complexity index is 783. The normalized spacial score (nSPS) is 14.3. The molecule has 0 unspecified atom stereocenters. The highest BCUT2D eigenvalue weighted by Gasteiger charge is 2.38. The van der Waals surface area contributed by atoms with E-state index in [0.717, 1.165) is 44.2 Å². The van der Waals surface area contributed by atoms with Crippen LogP contribution in [0.5, 0.6) is 0 Å². The zero-order valence-electron chi connectivity index (χ0n) is 15.8. The molecule has 8 heteroatoms. The lowest BCUT2D eigenvalue weighted by molar-refractivity contribution is -0.159. The first kappa shape index (κ1) is 20.4. The number of aromatic nitrogens is 2. The van der Waals surface area contributed by atoms with Crippen LogP contribution in [0.2, 0.25) is 0 Å². The monoisotopic (exact) mass is 395 g/mol. The number of nitrogens with zero attached hydrogens (tertiary/aromatic N) is 3. The average molecular weight is 395 g/mol. The van der Waals surface area contributed by atoms with Gasteiger partial charge in [-0.2, -0.15) is 18.2 Å². The van der Waals surface area contributed by atoms with Crippen molar-refractivity contribution >= 4 is 5.91 Å². The molecule has 0 atom stereocenters. The summed E-state index contributed by atoms with van der Waals surface area (Å²) < 4.78 is 42.0. The van der Waals surface area contributed by atoms with Crippen LogP contribution in [0.15, 0.2) is 28.8 Å². The summed E-state index contributed by atoms with van der Waals surface area (Å²) in [5.41, 5.74) is 1.36. The molecular formula is C20H24F3N3O2. The summed E-state index contributed by atoms with van der Waals surface area (Å²) in [6, 6.07) is 6.88. The summed E-state index contributed by atoms with van der Waals surface area (Å²) in [4.78, 5) is 17.9. The number of benzene rings is 1. The van der Waals surface area contributed by atoms with E-state index >= 15 is 0 Å². The van der Waals surface area contributed by atoms with Crippen LogP contribution in [-0.4, -0.2) is 27.5 Å². The zero-order chi connectivity index (χ0) is 20.1. The Kier molecular flexibility index (Phi) is 6.36. The molecular weight excluding hydrogens is 371 g/mol. The predicted molar refractivity (Wildman–Crippen MR) is 97.0 cm³/mol. The number of hydrogen-bond donors (Lipinski definition) is 0. The van der Waals surface area contributed by atoms with Gasteiger partial charge in [0.05, 0.1) is 0 Å². The Labute approximate surface area is 161 Å². The first-order valence-corrected chi connectivity index (χ1v) is 9.64. The Morgan fingerprint density at radius 1 is 1.21 bits per heavy atom. The average Bonchev–Trinajstić information content (AvgIpc) is 3.32. The SMILES string of the molecule is CCCCCC(=O)N(Cc1ccc(-c2noc(C(F)(F)F)n2)cc1)CC1CC1. The molecule has 0 spiro atoms. The van der Waals surface area contributed by atoms with E-state index in [0.29, 0.717) is 24.4 Å². The molecule has 0 aliphatic heterocycles. The number of carbonyl (C=O) groups excluding carboxylic acids is 1.